The van der Waals surface area contributed by atoms with E-state index in [9.17, 15) is 4.79 Å². The zero-order valence-electron chi connectivity index (χ0n) is 7.20. The second kappa shape index (κ2) is 3.66. The molecule has 0 aromatic heterocycles. The molecule has 0 atom stereocenters. The third-order valence-electron chi connectivity index (χ3n) is 1.48. The van der Waals surface area contributed by atoms with Crippen LogP contribution in [-0.4, -0.2) is 13.1 Å². The van der Waals surface area contributed by atoms with Crippen LogP contribution in [0.4, 0.5) is 16.2 Å². The van der Waals surface area contributed by atoms with E-state index in [-0.39, 0.29) is 0 Å². The number of nitrogens with one attached hydrogen (secondary N) is 1. The maximum atomic E-state index is 10.6. The smallest absolute Gasteiger partial charge is 0.316 e. The Hall–Kier alpha value is -1.91. The Morgan fingerprint density at radius 2 is 2.23 bits per heavy atom. The first-order chi connectivity index (χ1) is 6.13. The molecular weight excluding hydrogens is 170 g/mol. The highest BCUT2D eigenvalue weighted by atomic mass is 16.5. The number of benzene rings is 1. The molecule has 0 radical (unpaired) electrons. The van der Waals surface area contributed by atoms with Crippen LogP contribution in [0.2, 0.25) is 0 Å². The Kier molecular flexibility index (Phi) is 2.59. The molecule has 1 aromatic rings. The Morgan fingerprint density at radius 3 is 2.77 bits per heavy atom. The largest absolute Gasteiger partial charge is 0.495 e. The number of rotatable bonds is 2. The molecule has 1 rings (SSSR count). The lowest BCUT2D eigenvalue weighted by molar-refractivity contribution is 0.259. The molecule has 0 saturated heterocycles. The van der Waals surface area contributed by atoms with Gasteiger partial charge in [0.2, 0.25) is 0 Å². The normalized spacial score (nSPS) is 9.31. The monoisotopic (exact) mass is 181 g/mol. The van der Waals surface area contributed by atoms with Gasteiger partial charge in [0, 0.05) is 5.69 Å². The molecule has 0 aliphatic carbocycles. The fourth-order valence-corrected chi connectivity index (χ4v) is 0.956. The van der Waals surface area contributed by atoms with Crippen LogP contribution in [0.5, 0.6) is 5.75 Å². The number of primary amides is 1. The zero-order chi connectivity index (χ0) is 9.84. The average molecular weight is 181 g/mol. The summed E-state index contributed by atoms with van der Waals surface area (Å²) in [6.45, 7) is 0. The van der Waals surface area contributed by atoms with E-state index in [4.69, 9.17) is 16.2 Å². The number of carbonyl (C=O) groups is 1. The summed E-state index contributed by atoms with van der Waals surface area (Å²) >= 11 is 0. The van der Waals surface area contributed by atoms with Crippen molar-refractivity contribution in [2.75, 3.05) is 18.2 Å². The first kappa shape index (κ1) is 9.18. The highest BCUT2D eigenvalue weighted by Gasteiger charge is 2.04. The maximum absolute atomic E-state index is 10.6. The van der Waals surface area contributed by atoms with Crippen LogP contribution >= 0.6 is 0 Å². The van der Waals surface area contributed by atoms with Crippen molar-refractivity contribution in [3.05, 3.63) is 18.2 Å². The molecule has 13 heavy (non-hydrogen) atoms. The number of carbonyl (C=O) groups excluding carboxylic acids is 1. The Balaban J connectivity index is 3.01. The number of amides is 2. The van der Waals surface area contributed by atoms with Gasteiger partial charge in [-0.2, -0.15) is 0 Å². The number of methoxy groups -OCH3 is 1. The lowest BCUT2D eigenvalue weighted by Gasteiger charge is -2.08. The third-order valence-corrected chi connectivity index (χ3v) is 1.48. The van der Waals surface area contributed by atoms with Crippen molar-refractivity contribution in [3.8, 4) is 5.75 Å². The molecule has 0 spiro atoms. The average Bonchev–Trinajstić information content (AvgIpc) is 2.03. The standard InChI is InChI=1S/C8H11N3O2/c1-13-7-3-2-5(9)4-6(7)11-8(10)12/h2-4H,9H2,1H3,(H3,10,11,12). The zero-order valence-corrected chi connectivity index (χ0v) is 7.20. The minimum absolute atomic E-state index is 0.468. The van der Waals surface area contributed by atoms with Crippen LogP contribution in [0.25, 0.3) is 0 Å². The topological polar surface area (TPSA) is 90.4 Å². The molecule has 2 amide bonds. The van der Waals surface area contributed by atoms with Gasteiger partial charge >= 0.3 is 6.03 Å². The minimum atomic E-state index is -0.649. The fraction of sp³-hybridized carbons (Fsp3) is 0.125. The SMILES string of the molecule is COc1ccc(N)cc1NC(N)=O. The van der Waals surface area contributed by atoms with E-state index in [1.165, 1.54) is 7.11 Å². The quantitative estimate of drug-likeness (QED) is 0.588. The van der Waals surface area contributed by atoms with E-state index in [0.29, 0.717) is 17.1 Å². The molecule has 5 heteroatoms. The van der Waals surface area contributed by atoms with Crippen molar-refractivity contribution in [2.24, 2.45) is 5.73 Å². The summed E-state index contributed by atoms with van der Waals surface area (Å²) < 4.78 is 4.98. The number of nitrogen functional groups attached to an aromatic ring is 1. The summed E-state index contributed by atoms with van der Waals surface area (Å²) in [7, 11) is 1.50. The summed E-state index contributed by atoms with van der Waals surface area (Å²) in [5.41, 5.74) is 11.5. The first-order valence-corrected chi connectivity index (χ1v) is 3.63. The van der Waals surface area contributed by atoms with E-state index in [1.54, 1.807) is 18.2 Å². The van der Waals surface area contributed by atoms with E-state index in [2.05, 4.69) is 5.32 Å². The summed E-state index contributed by atoms with van der Waals surface area (Å²) in [5.74, 6) is 0.521. The number of hydrogen-bond donors (Lipinski definition) is 3. The molecule has 0 aliphatic heterocycles. The summed E-state index contributed by atoms with van der Waals surface area (Å²) in [6, 6.07) is 4.25. The Morgan fingerprint density at radius 1 is 1.54 bits per heavy atom. The fourth-order valence-electron chi connectivity index (χ4n) is 0.956. The van der Waals surface area contributed by atoms with Crippen LogP contribution in [-0.2, 0) is 0 Å². The van der Waals surface area contributed by atoms with Crippen molar-refractivity contribution < 1.29 is 9.53 Å². The Bertz CT molecular complexity index is 325. The summed E-state index contributed by atoms with van der Waals surface area (Å²) in [5, 5.41) is 2.40. The van der Waals surface area contributed by atoms with Crippen LogP contribution < -0.4 is 21.5 Å². The predicted octanol–water partition coefficient (Wildman–Crippen LogP) is 0.768. The minimum Gasteiger partial charge on any atom is -0.495 e. The van der Waals surface area contributed by atoms with Gasteiger partial charge in [0.15, 0.2) is 0 Å². The molecule has 0 heterocycles. The third kappa shape index (κ3) is 2.26. The van der Waals surface area contributed by atoms with Gasteiger partial charge in [-0.15, -0.1) is 0 Å². The van der Waals surface area contributed by atoms with Crippen LogP contribution in [0, 0.1) is 0 Å². The van der Waals surface area contributed by atoms with Crippen LogP contribution in [0.1, 0.15) is 0 Å². The van der Waals surface area contributed by atoms with Gasteiger partial charge in [0.1, 0.15) is 5.75 Å². The summed E-state index contributed by atoms with van der Waals surface area (Å²) in [4.78, 5) is 10.6. The van der Waals surface area contributed by atoms with Gasteiger partial charge in [0.05, 0.1) is 12.8 Å². The second-order valence-corrected chi connectivity index (χ2v) is 2.45. The van der Waals surface area contributed by atoms with Gasteiger partial charge in [0.25, 0.3) is 0 Å². The van der Waals surface area contributed by atoms with Gasteiger partial charge in [-0.3, -0.25) is 0 Å². The second-order valence-electron chi connectivity index (χ2n) is 2.45. The molecule has 0 unspecified atom stereocenters. The Labute approximate surface area is 75.7 Å². The number of ether oxygens (including phenoxy) is 1. The predicted molar refractivity (Wildman–Crippen MR) is 50.6 cm³/mol. The van der Waals surface area contributed by atoms with Crippen LogP contribution in [0.15, 0.2) is 18.2 Å². The molecule has 5 N–H and O–H groups in total. The van der Waals surface area contributed by atoms with Gasteiger partial charge in [-0.1, -0.05) is 0 Å². The van der Waals surface area contributed by atoms with E-state index in [0.717, 1.165) is 0 Å². The van der Waals surface area contributed by atoms with Gasteiger partial charge in [-0.05, 0) is 18.2 Å². The summed E-state index contributed by atoms with van der Waals surface area (Å²) in [6.07, 6.45) is 0. The van der Waals surface area contributed by atoms with Gasteiger partial charge in [-0.25, -0.2) is 4.79 Å². The van der Waals surface area contributed by atoms with E-state index >= 15 is 0 Å². The number of urea groups is 1. The molecule has 0 bridgehead atoms. The van der Waals surface area contributed by atoms with Crippen molar-refractivity contribution in [1.82, 2.24) is 0 Å². The van der Waals surface area contributed by atoms with E-state index in [1.807, 2.05) is 0 Å². The maximum Gasteiger partial charge on any atom is 0.316 e. The van der Waals surface area contributed by atoms with Crippen molar-refractivity contribution in [3.63, 3.8) is 0 Å². The van der Waals surface area contributed by atoms with Crippen LogP contribution in [0.3, 0.4) is 0 Å². The molecule has 5 nitrogen and oxygen atoms in total. The number of anilines is 2. The molecular formula is C8H11N3O2. The first-order valence-electron chi connectivity index (χ1n) is 3.63. The van der Waals surface area contributed by atoms with Crippen molar-refractivity contribution >= 4 is 17.4 Å². The highest BCUT2D eigenvalue weighted by molar-refractivity contribution is 5.90. The van der Waals surface area contributed by atoms with E-state index < -0.39 is 6.03 Å². The van der Waals surface area contributed by atoms with Gasteiger partial charge < -0.3 is 21.5 Å². The number of hydrogen-bond acceptors (Lipinski definition) is 3. The molecule has 70 valence electrons. The van der Waals surface area contributed by atoms with Crippen molar-refractivity contribution in [2.45, 2.75) is 0 Å². The lowest BCUT2D eigenvalue weighted by Crippen LogP contribution is -2.19. The molecule has 0 saturated carbocycles. The highest BCUT2D eigenvalue weighted by Crippen LogP contribution is 2.25. The molecule has 0 fully saturated rings. The lowest BCUT2D eigenvalue weighted by atomic mass is 10.2. The number of nitrogens with two attached hydrogens (primary N) is 2. The molecule has 1 aromatic carbocycles. The molecule has 0 aliphatic rings. The van der Waals surface area contributed by atoms with Crippen molar-refractivity contribution in [1.29, 1.82) is 0 Å².